The monoisotopic (exact) mass is 379 g/mol. The molecule has 22 heavy (non-hydrogen) atoms. The van der Waals surface area contributed by atoms with Crippen molar-refractivity contribution < 1.29 is 5.11 Å². The highest BCUT2D eigenvalue weighted by atomic mass is 79.9. The van der Waals surface area contributed by atoms with Crippen LogP contribution in [0.1, 0.15) is 18.2 Å². The first-order valence-corrected chi connectivity index (χ1v) is 9.30. The van der Waals surface area contributed by atoms with Gasteiger partial charge >= 0.3 is 0 Å². The van der Waals surface area contributed by atoms with E-state index in [1.165, 1.54) is 0 Å². The summed E-state index contributed by atoms with van der Waals surface area (Å²) in [7, 11) is 1.97. The third kappa shape index (κ3) is 2.59. The Kier molecular flexibility index (Phi) is 4.61. The minimum Gasteiger partial charge on any atom is -0.507 e. The molecular weight excluding hydrogens is 362 g/mol. The van der Waals surface area contributed by atoms with E-state index < -0.39 is 0 Å². The van der Waals surface area contributed by atoms with E-state index in [0.29, 0.717) is 0 Å². The second-order valence-electron chi connectivity index (χ2n) is 5.19. The molecule has 0 fully saturated rings. The van der Waals surface area contributed by atoms with Gasteiger partial charge in [-0.2, -0.15) is 11.8 Å². The minimum absolute atomic E-state index is 0.205. The van der Waals surface area contributed by atoms with Gasteiger partial charge in [-0.3, -0.25) is 4.98 Å². The lowest BCUT2D eigenvalue weighted by Gasteiger charge is -2.15. The largest absolute Gasteiger partial charge is 0.507 e. The van der Waals surface area contributed by atoms with Gasteiger partial charge in [0.1, 0.15) is 5.75 Å². The molecular formula is C16H18BrN3OS. The van der Waals surface area contributed by atoms with E-state index in [1.54, 1.807) is 6.07 Å². The zero-order chi connectivity index (χ0) is 15.7. The van der Waals surface area contributed by atoms with Gasteiger partial charge in [0.15, 0.2) is 0 Å². The fraction of sp³-hybridized carbons (Fsp3) is 0.312. The number of aromatic hydroxyl groups is 1. The summed E-state index contributed by atoms with van der Waals surface area (Å²) in [6, 6.07) is 5.79. The molecule has 0 spiro atoms. The van der Waals surface area contributed by atoms with E-state index in [2.05, 4.69) is 37.5 Å². The summed E-state index contributed by atoms with van der Waals surface area (Å²) < 4.78 is 0.721. The van der Waals surface area contributed by atoms with E-state index in [1.807, 2.05) is 37.1 Å². The number of nitrogens with zero attached hydrogens (tertiary/aromatic N) is 1. The molecule has 6 heteroatoms. The van der Waals surface area contributed by atoms with Crippen molar-refractivity contribution in [2.75, 3.05) is 19.1 Å². The number of aromatic amines is 1. The number of hydrogen-bond donors (Lipinski definition) is 3. The predicted molar refractivity (Wildman–Crippen MR) is 97.8 cm³/mol. The van der Waals surface area contributed by atoms with Crippen LogP contribution < -0.4 is 5.32 Å². The average molecular weight is 380 g/mol. The number of aromatic nitrogens is 2. The minimum atomic E-state index is 0.205. The molecule has 3 rings (SSSR count). The Balaban J connectivity index is 2.22. The zero-order valence-electron chi connectivity index (χ0n) is 12.5. The van der Waals surface area contributed by atoms with Crippen molar-refractivity contribution in [2.24, 2.45) is 0 Å². The molecule has 1 aromatic carbocycles. The van der Waals surface area contributed by atoms with Crippen LogP contribution in [0.4, 0.5) is 0 Å². The molecule has 0 aliphatic rings. The molecule has 2 heterocycles. The van der Waals surface area contributed by atoms with Gasteiger partial charge in [-0.1, -0.05) is 0 Å². The first-order valence-electron chi connectivity index (χ1n) is 7.11. The summed E-state index contributed by atoms with van der Waals surface area (Å²) in [5.74, 6) is 1.33. The van der Waals surface area contributed by atoms with Crippen LogP contribution in [-0.4, -0.2) is 34.1 Å². The van der Waals surface area contributed by atoms with Crippen molar-refractivity contribution in [3.05, 3.63) is 34.6 Å². The lowest BCUT2D eigenvalue weighted by Crippen LogP contribution is -2.18. The summed E-state index contributed by atoms with van der Waals surface area (Å²) in [5, 5.41) is 15.4. The Labute approximate surface area is 141 Å². The molecule has 4 nitrogen and oxygen atoms in total. The zero-order valence-corrected chi connectivity index (χ0v) is 14.9. The van der Waals surface area contributed by atoms with Crippen LogP contribution in [-0.2, 0) is 0 Å². The molecule has 1 atom stereocenters. The first-order chi connectivity index (χ1) is 10.7. The number of benzene rings is 1. The number of rotatable bonds is 5. The van der Waals surface area contributed by atoms with Crippen LogP contribution in [0.2, 0.25) is 0 Å². The number of phenolic OH excluding ortho intramolecular Hbond substituents is 1. The van der Waals surface area contributed by atoms with Gasteiger partial charge in [0.25, 0.3) is 0 Å². The second-order valence-corrected chi connectivity index (χ2v) is 6.97. The lowest BCUT2D eigenvalue weighted by molar-refractivity contribution is 0.473. The van der Waals surface area contributed by atoms with Crippen molar-refractivity contribution in [1.82, 2.24) is 15.3 Å². The number of H-pyrrole nitrogens is 1. The lowest BCUT2D eigenvalue weighted by atomic mass is 10.1. The topological polar surface area (TPSA) is 60.9 Å². The fourth-order valence-corrected chi connectivity index (χ4v) is 3.83. The summed E-state index contributed by atoms with van der Waals surface area (Å²) in [4.78, 5) is 8.05. The number of nitrogens with one attached hydrogen (secondary N) is 2. The van der Waals surface area contributed by atoms with Crippen LogP contribution in [0.5, 0.6) is 5.75 Å². The molecule has 0 amide bonds. The van der Waals surface area contributed by atoms with Crippen LogP contribution >= 0.6 is 27.7 Å². The molecule has 1 unspecified atom stereocenters. The number of pyridine rings is 1. The summed E-state index contributed by atoms with van der Waals surface area (Å²) in [6.07, 6.45) is 4.97. The quantitative estimate of drug-likeness (QED) is 0.621. The molecule has 116 valence electrons. The normalized spacial score (nSPS) is 13.0. The van der Waals surface area contributed by atoms with Gasteiger partial charge in [-0.25, -0.2) is 0 Å². The number of hydrogen-bond acceptors (Lipinski definition) is 4. The first kappa shape index (κ1) is 15.6. The fourth-order valence-electron chi connectivity index (χ4n) is 2.80. The molecule has 0 saturated heterocycles. The Morgan fingerprint density at radius 1 is 1.41 bits per heavy atom. The summed E-state index contributed by atoms with van der Waals surface area (Å²) >= 11 is 5.33. The smallest absolute Gasteiger partial charge is 0.130 e. The van der Waals surface area contributed by atoms with E-state index in [0.717, 1.165) is 44.1 Å². The highest BCUT2D eigenvalue weighted by Gasteiger charge is 2.18. The molecule has 2 aromatic heterocycles. The van der Waals surface area contributed by atoms with Gasteiger partial charge in [0, 0.05) is 22.5 Å². The van der Waals surface area contributed by atoms with E-state index >= 15 is 0 Å². The van der Waals surface area contributed by atoms with Crippen molar-refractivity contribution >= 4 is 49.5 Å². The van der Waals surface area contributed by atoms with Crippen molar-refractivity contribution in [1.29, 1.82) is 0 Å². The van der Waals surface area contributed by atoms with Gasteiger partial charge in [0.2, 0.25) is 0 Å². The van der Waals surface area contributed by atoms with Crippen molar-refractivity contribution in [3.8, 4) is 5.75 Å². The van der Waals surface area contributed by atoms with Gasteiger partial charge in [-0.15, -0.1) is 0 Å². The molecule has 0 radical (unpaired) electrons. The maximum atomic E-state index is 9.94. The van der Waals surface area contributed by atoms with Crippen LogP contribution in [0.3, 0.4) is 0 Å². The number of thioether (sulfide) groups is 1. The molecule has 0 saturated carbocycles. The molecule has 0 bridgehead atoms. The Morgan fingerprint density at radius 3 is 2.95 bits per heavy atom. The van der Waals surface area contributed by atoms with Gasteiger partial charge in [-0.05, 0) is 59.6 Å². The number of fused-ring (bicyclic) bond motifs is 3. The number of phenols is 1. The molecule has 3 aromatic rings. The number of halogens is 1. The second kappa shape index (κ2) is 6.48. The van der Waals surface area contributed by atoms with E-state index in [-0.39, 0.29) is 11.8 Å². The maximum Gasteiger partial charge on any atom is 0.130 e. The molecule has 0 aliphatic heterocycles. The highest BCUT2D eigenvalue weighted by Crippen LogP contribution is 2.38. The summed E-state index contributed by atoms with van der Waals surface area (Å²) in [6.45, 7) is 0. The summed E-state index contributed by atoms with van der Waals surface area (Å²) in [5.41, 5.74) is 3.05. The van der Waals surface area contributed by atoms with Crippen molar-refractivity contribution in [3.63, 3.8) is 0 Å². The van der Waals surface area contributed by atoms with Crippen LogP contribution in [0.15, 0.2) is 28.9 Å². The standard InChI is InChI=1S/C16H18BrN3OS/c1-18-11(6-8-22-2)16-15-9(5-7-19-16)13-10(20-15)3-4-12(21)14(13)17/h3-5,7,11,18,20-21H,6,8H2,1-2H3. The van der Waals surface area contributed by atoms with E-state index in [9.17, 15) is 5.11 Å². The van der Waals surface area contributed by atoms with Crippen LogP contribution in [0.25, 0.3) is 21.8 Å². The Morgan fingerprint density at radius 2 is 2.23 bits per heavy atom. The molecule has 3 N–H and O–H groups in total. The Bertz CT molecular complexity index is 818. The molecule has 0 aliphatic carbocycles. The third-order valence-corrected chi connectivity index (χ3v) is 5.37. The van der Waals surface area contributed by atoms with Gasteiger partial charge < -0.3 is 15.4 Å². The van der Waals surface area contributed by atoms with Crippen LogP contribution in [0, 0.1) is 0 Å². The average Bonchev–Trinajstić information content (AvgIpc) is 2.91. The van der Waals surface area contributed by atoms with Crippen molar-refractivity contribution in [2.45, 2.75) is 12.5 Å². The highest BCUT2D eigenvalue weighted by molar-refractivity contribution is 9.10. The maximum absolute atomic E-state index is 9.94. The third-order valence-electron chi connectivity index (χ3n) is 3.92. The predicted octanol–water partition coefficient (Wildman–Crippen LogP) is 4.20. The Hall–Kier alpha value is -1.24. The van der Waals surface area contributed by atoms with E-state index in [4.69, 9.17) is 0 Å². The SMILES string of the molecule is CNC(CCSC)c1nccc2c1[nH]c1ccc(O)c(Br)c12. The van der Waals surface area contributed by atoms with Gasteiger partial charge in [0.05, 0.1) is 21.7 Å².